The van der Waals surface area contributed by atoms with Crippen molar-refractivity contribution in [1.29, 1.82) is 0 Å². The van der Waals surface area contributed by atoms with Crippen molar-refractivity contribution >= 4 is 50.7 Å². The third-order valence-corrected chi connectivity index (χ3v) is 4.84. The second-order valence-corrected chi connectivity index (χ2v) is 6.16. The Morgan fingerprint density at radius 2 is 1.85 bits per heavy atom. The third kappa shape index (κ3) is 3.25. The zero-order valence-electron chi connectivity index (χ0n) is 10.9. The Morgan fingerprint density at radius 3 is 2.50 bits per heavy atom. The lowest BCUT2D eigenvalue weighted by Crippen LogP contribution is -2.06. The first-order chi connectivity index (χ1) is 9.43. The lowest BCUT2D eigenvalue weighted by molar-refractivity contribution is 0.292. The molecule has 2 rings (SSSR count). The first-order valence-electron chi connectivity index (χ1n) is 5.93. The fourth-order valence-electron chi connectivity index (χ4n) is 1.77. The number of hydrogen-bond donors (Lipinski definition) is 0. The molecular formula is C13H12BrCl3N2O. The van der Waals surface area contributed by atoms with Crippen molar-refractivity contribution in [3.05, 3.63) is 43.1 Å². The molecule has 0 fully saturated rings. The first kappa shape index (κ1) is 16.0. The van der Waals surface area contributed by atoms with Crippen LogP contribution in [0.2, 0.25) is 15.1 Å². The molecule has 0 aliphatic rings. The molecule has 1 aromatic heterocycles. The fraction of sp³-hybridized carbons (Fsp3) is 0.308. The zero-order valence-corrected chi connectivity index (χ0v) is 14.7. The summed E-state index contributed by atoms with van der Waals surface area (Å²) in [6.45, 7) is 5.06. The molecule has 0 amide bonds. The van der Waals surface area contributed by atoms with Crippen molar-refractivity contribution in [3.8, 4) is 5.75 Å². The predicted octanol–water partition coefficient (Wildman–Crippen LogP) is 5.51. The molecule has 3 nitrogen and oxygen atoms in total. The van der Waals surface area contributed by atoms with Crippen molar-refractivity contribution in [2.45, 2.75) is 27.0 Å². The van der Waals surface area contributed by atoms with E-state index in [1.807, 2.05) is 18.5 Å². The summed E-state index contributed by atoms with van der Waals surface area (Å²) in [5.41, 5.74) is 1.87. The molecule has 0 bridgehead atoms. The van der Waals surface area contributed by atoms with E-state index in [1.54, 1.807) is 12.1 Å². The van der Waals surface area contributed by atoms with Crippen LogP contribution in [0.3, 0.4) is 0 Å². The number of ether oxygens (including phenoxy) is 1. The van der Waals surface area contributed by atoms with Crippen LogP contribution in [0, 0.1) is 6.92 Å². The van der Waals surface area contributed by atoms with Crippen LogP contribution in [-0.2, 0) is 13.2 Å². The van der Waals surface area contributed by atoms with Crippen LogP contribution in [0.1, 0.15) is 18.3 Å². The molecule has 0 N–H and O–H groups in total. The van der Waals surface area contributed by atoms with E-state index >= 15 is 0 Å². The smallest absolute Gasteiger partial charge is 0.140 e. The quantitative estimate of drug-likeness (QED) is 0.635. The molecule has 0 saturated heterocycles. The SMILES string of the molecule is CCn1nc(C)c(Br)c1COc1cc(Cl)c(Cl)cc1Cl. The van der Waals surface area contributed by atoms with Crippen LogP contribution in [0.4, 0.5) is 0 Å². The minimum Gasteiger partial charge on any atom is -0.486 e. The molecule has 0 atom stereocenters. The van der Waals surface area contributed by atoms with Gasteiger partial charge in [0.05, 0.1) is 30.9 Å². The summed E-state index contributed by atoms with van der Waals surface area (Å²) in [6.07, 6.45) is 0. The molecule has 0 unspecified atom stereocenters. The highest BCUT2D eigenvalue weighted by atomic mass is 79.9. The third-order valence-electron chi connectivity index (χ3n) is 2.79. The van der Waals surface area contributed by atoms with Gasteiger partial charge in [-0.15, -0.1) is 0 Å². The van der Waals surface area contributed by atoms with Gasteiger partial charge in [0.2, 0.25) is 0 Å². The van der Waals surface area contributed by atoms with Crippen LogP contribution in [0.15, 0.2) is 16.6 Å². The molecule has 0 spiro atoms. The van der Waals surface area contributed by atoms with Crippen LogP contribution in [-0.4, -0.2) is 9.78 Å². The van der Waals surface area contributed by atoms with E-state index in [1.165, 1.54) is 0 Å². The minimum absolute atomic E-state index is 0.340. The molecule has 0 radical (unpaired) electrons. The van der Waals surface area contributed by atoms with Crippen molar-refractivity contribution in [3.63, 3.8) is 0 Å². The van der Waals surface area contributed by atoms with Gasteiger partial charge in [0, 0.05) is 12.6 Å². The number of benzene rings is 1. The van der Waals surface area contributed by atoms with Crippen LogP contribution in [0.5, 0.6) is 5.75 Å². The van der Waals surface area contributed by atoms with Crippen molar-refractivity contribution < 1.29 is 4.74 Å². The van der Waals surface area contributed by atoms with Gasteiger partial charge >= 0.3 is 0 Å². The average Bonchev–Trinajstić information content (AvgIpc) is 2.68. The Labute approximate surface area is 140 Å². The summed E-state index contributed by atoms with van der Waals surface area (Å²) in [6, 6.07) is 3.18. The van der Waals surface area contributed by atoms with E-state index in [9.17, 15) is 0 Å². The van der Waals surface area contributed by atoms with Gasteiger partial charge in [0.25, 0.3) is 0 Å². The van der Waals surface area contributed by atoms with Crippen LogP contribution < -0.4 is 4.74 Å². The van der Waals surface area contributed by atoms with E-state index in [-0.39, 0.29) is 0 Å². The Kier molecular flexibility index (Phi) is 5.24. The Hall–Kier alpha value is -0.420. The van der Waals surface area contributed by atoms with Gasteiger partial charge in [-0.05, 0) is 35.8 Å². The highest BCUT2D eigenvalue weighted by Crippen LogP contribution is 2.34. The zero-order chi connectivity index (χ0) is 14.9. The van der Waals surface area contributed by atoms with Crippen LogP contribution >= 0.6 is 50.7 Å². The molecule has 20 heavy (non-hydrogen) atoms. The Balaban J connectivity index is 2.23. The maximum atomic E-state index is 6.08. The van der Waals surface area contributed by atoms with Crippen LogP contribution in [0.25, 0.3) is 0 Å². The first-order valence-corrected chi connectivity index (χ1v) is 7.85. The molecule has 7 heteroatoms. The summed E-state index contributed by atoms with van der Waals surface area (Å²) in [5, 5.41) is 5.64. The van der Waals surface area contributed by atoms with Gasteiger partial charge in [-0.1, -0.05) is 34.8 Å². The van der Waals surface area contributed by atoms with Gasteiger partial charge in [0.1, 0.15) is 12.4 Å². The molecule has 1 heterocycles. The number of hydrogen-bond acceptors (Lipinski definition) is 2. The maximum Gasteiger partial charge on any atom is 0.140 e. The molecular weight excluding hydrogens is 386 g/mol. The van der Waals surface area contributed by atoms with Gasteiger partial charge in [-0.2, -0.15) is 5.10 Å². The lowest BCUT2D eigenvalue weighted by atomic mass is 10.3. The van der Waals surface area contributed by atoms with Crippen molar-refractivity contribution in [1.82, 2.24) is 9.78 Å². The van der Waals surface area contributed by atoms with Crippen molar-refractivity contribution in [2.24, 2.45) is 0 Å². The van der Waals surface area contributed by atoms with Crippen molar-refractivity contribution in [2.75, 3.05) is 0 Å². The molecule has 0 aliphatic heterocycles. The second-order valence-electron chi connectivity index (χ2n) is 4.15. The Morgan fingerprint density at radius 1 is 1.20 bits per heavy atom. The Bertz CT molecular complexity index is 643. The predicted molar refractivity (Wildman–Crippen MR) is 86.1 cm³/mol. The van der Waals surface area contributed by atoms with E-state index < -0.39 is 0 Å². The molecule has 1 aromatic carbocycles. The van der Waals surface area contributed by atoms with E-state index in [0.717, 1.165) is 22.4 Å². The van der Waals surface area contributed by atoms with Gasteiger partial charge in [0.15, 0.2) is 0 Å². The standard InChI is InChI=1S/C13H12BrCl3N2O/c1-3-19-11(13(14)7(2)18-19)6-20-12-5-9(16)8(15)4-10(12)17/h4-5H,3,6H2,1-2H3. The summed E-state index contributed by atoms with van der Waals surface area (Å²) in [7, 11) is 0. The minimum atomic E-state index is 0.340. The highest BCUT2D eigenvalue weighted by Gasteiger charge is 2.14. The number of rotatable bonds is 4. The summed E-state index contributed by atoms with van der Waals surface area (Å²) in [5.74, 6) is 0.495. The summed E-state index contributed by atoms with van der Waals surface area (Å²) < 4.78 is 8.55. The number of nitrogens with zero attached hydrogens (tertiary/aromatic N) is 2. The van der Waals surface area contributed by atoms with E-state index in [0.29, 0.717) is 27.4 Å². The highest BCUT2D eigenvalue weighted by molar-refractivity contribution is 9.10. The molecule has 0 aliphatic carbocycles. The number of aryl methyl sites for hydroxylation is 2. The summed E-state index contributed by atoms with van der Waals surface area (Å²) >= 11 is 21.5. The van der Waals surface area contributed by atoms with Gasteiger partial charge in [-0.25, -0.2) is 0 Å². The van der Waals surface area contributed by atoms with Gasteiger partial charge in [-0.3, -0.25) is 4.68 Å². The van der Waals surface area contributed by atoms with E-state index in [2.05, 4.69) is 21.0 Å². The molecule has 2 aromatic rings. The average molecular weight is 399 g/mol. The normalized spacial score (nSPS) is 10.9. The second kappa shape index (κ2) is 6.56. The van der Waals surface area contributed by atoms with E-state index in [4.69, 9.17) is 39.5 Å². The van der Waals surface area contributed by atoms with Gasteiger partial charge < -0.3 is 4.74 Å². The largest absolute Gasteiger partial charge is 0.486 e. The maximum absolute atomic E-state index is 6.08. The number of aromatic nitrogens is 2. The number of halogens is 4. The lowest BCUT2D eigenvalue weighted by Gasteiger charge is -2.10. The summed E-state index contributed by atoms with van der Waals surface area (Å²) in [4.78, 5) is 0. The fourth-order valence-corrected chi connectivity index (χ4v) is 2.76. The molecule has 0 saturated carbocycles. The monoisotopic (exact) mass is 396 g/mol. The molecule has 108 valence electrons. The topological polar surface area (TPSA) is 27.1 Å².